The standard InChI is InChI=1S/C12H24N4/c1-4-6-7-10(5-2)11(13)8-12-14-9-15-16(12)3/h9-11H,4-8,13H2,1-3H3. The van der Waals surface area contributed by atoms with Gasteiger partial charge in [-0.05, 0) is 12.3 Å². The Morgan fingerprint density at radius 2 is 2.19 bits per heavy atom. The second kappa shape index (κ2) is 6.63. The summed E-state index contributed by atoms with van der Waals surface area (Å²) in [6.07, 6.45) is 7.32. The minimum Gasteiger partial charge on any atom is -0.327 e. The van der Waals surface area contributed by atoms with E-state index in [0.29, 0.717) is 5.92 Å². The van der Waals surface area contributed by atoms with Crippen molar-refractivity contribution in [3.05, 3.63) is 12.2 Å². The summed E-state index contributed by atoms with van der Waals surface area (Å²) in [6.45, 7) is 4.44. The molecule has 92 valence electrons. The quantitative estimate of drug-likeness (QED) is 0.769. The van der Waals surface area contributed by atoms with E-state index in [1.54, 1.807) is 6.33 Å². The summed E-state index contributed by atoms with van der Waals surface area (Å²) in [5.74, 6) is 1.60. The van der Waals surface area contributed by atoms with Gasteiger partial charge in [0.25, 0.3) is 0 Å². The number of unbranched alkanes of at least 4 members (excludes halogenated alkanes) is 1. The number of hydrogen-bond donors (Lipinski definition) is 1. The van der Waals surface area contributed by atoms with Gasteiger partial charge < -0.3 is 5.73 Å². The Morgan fingerprint density at radius 1 is 1.44 bits per heavy atom. The van der Waals surface area contributed by atoms with Gasteiger partial charge >= 0.3 is 0 Å². The Morgan fingerprint density at radius 3 is 2.69 bits per heavy atom. The molecule has 0 amide bonds. The molecule has 1 aromatic heterocycles. The van der Waals surface area contributed by atoms with Gasteiger partial charge in [0.05, 0.1) is 0 Å². The van der Waals surface area contributed by atoms with E-state index in [1.807, 2.05) is 11.7 Å². The number of nitrogens with zero attached hydrogens (tertiary/aromatic N) is 3. The summed E-state index contributed by atoms with van der Waals surface area (Å²) < 4.78 is 1.81. The predicted molar refractivity (Wildman–Crippen MR) is 66.0 cm³/mol. The van der Waals surface area contributed by atoms with Crippen LogP contribution in [0.15, 0.2) is 6.33 Å². The van der Waals surface area contributed by atoms with Crippen LogP contribution in [0.4, 0.5) is 0 Å². The van der Waals surface area contributed by atoms with Crippen molar-refractivity contribution in [1.29, 1.82) is 0 Å². The zero-order valence-corrected chi connectivity index (χ0v) is 10.7. The zero-order chi connectivity index (χ0) is 12.0. The van der Waals surface area contributed by atoms with E-state index in [1.165, 1.54) is 19.3 Å². The first kappa shape index (κ1) is 13.2. The molecule has 0 saturated carbocycles. The molecule has 0 bridgehead atoms. The number of nitrogens with two attached hydrogens (primary N) is 1. The maximum absolute atomic E-state index is 6.25. The second-order valence-electron chi connectivity index (χ2n) is 4.48. The summed E-state index contributed by atoms with van der Waals surface area (Å²) in [7, 11) is 1.92. The highest BCUT2D eigenvalue weighted by Gasteiger charge is 2.17. The van der Waals surface area contributed by atoms with Crippen LogP contribution in [0.1, 0.15) is 45.4 Å². The van der Waals surface area contributed by atoms with Crippen molar-refractivity contribution in [3.63, 3.8) is 0 Å². The van der Waals surface area contributed by atoms with Gasteiger partial charge in [-0.3, -0.25) is 4.68 Å². The van der Waals surface area contributed by atoms with Crippen LogP contribution in [0.5, 0.6) is 0 Å². The molecule has 2 N–H and O–H groups in total. The van der Waals surface area contributed by atoms with E-state index in [2.05, 4.69) is 23.9 Å². The van der Waals surface area contributed by atoms with Crippen molar-refractivity contribution in [1.82, 2.24) is 14.8 Å². The molecule has 1 rings (SSSR count). The third-order valence-electron chi connectivity index (χ3n) is 3.28. The van der Waals surface area contributed by atoms with E-state index in [0.717, 1.165) is 18.7 Å². The fraction of sp³-hybridized carbons (Fsp3) is 0.833. The van der Waals surface area contributed by atoms with Crippen LogP contribution in [-0.2, 0) is 13.5 Å². The second-order valence-corrected chi connectivity index (χ2v) is 4.48. The van der Waals surface area contributed by atoms with Gasteiger partial charge in [-0.25, -0.2) is 4.98 Å². The highest BCUT2D eigenvalue weighted by Crippen LogP contribution is 2.17. The molecule has 2 unspecified atom stereocenters. The van der Waals surface area contributed by atoms with Crippen molar-refractivity contribution in [2.45, 2.75) is 52.0 Å². The highest BCUT2D eigenvalue weighted by molar-refractivity contribution is 4.90. The smallest absolute Gasteiger partial charge is 0.138 e. The SMILES string of the molecule is CCCCC(CC)C(N)Cc1ncnn1C. The molecule has 0 aliphatic carbocycles. The van der Waals surface area contributed by atoms with Crippen LogP contribution < -0.4 is 5.73 Å². The van der Waals surface area contributed by atoms with Gasteiger partial charge in [-0.2, -0.15) is 5.10 Å². The fourth-order valence-electron chi connectivity index (χ4n) is 2.07. The average molecular weight is 224 g/mol. The molecule has 0 saturated heterocycles. The molecule has 0 spiro atoms. The van der Waals surface area contributed by atoms with Gasteiger partial charge in [0, 0.05) is 19.5 Å². The summed E-state index contributed by atoms with van der Waals surface area (Å²) >= 11 is 0. The first-order valence-corrected chi connectivity index (χ1v) is 6.27. The first-order valence-electron chi connectivity index (χ1n) is 6.27. The molecule has 1 heterocycles. The molecule has 0 radical (unpaired) electrons. The zero-order valence-electron chi connectivity index (χ0n) is 10.7. The third-order valence-corrected chi connectivity index (χ3v) is 3.28. The van der Waals surface area contributed by atoms with Crippen molar-refractivity contribution >= 4 is 0 Å². The molecule has 4 heteroatoms. The van der Waals surface area contributed by atoms with Crippen LogP contribution in [0.25, 0.3) is 0 Å². The molecule has 0 aromatic carbocycles. The van der Waals surface area contributed by atoms with Crippen LogP contribution in [-0.4, -0.2) is 20.8 Å². The minimum absolute atomic E-state index is 0.208. The van der Waals surface area contributed by atoms with Gasteiger partial charge in [-0.15, -0.1) is 0 Å². The summed E-state index contributed by atoms with van der Waals surface area (Å²) in [5, 5.41) is 4.07. The maximum Gasteiger partial charge on any atom is 0.138 e. The molecule has 1 aromatic rings. The molecule has 0 aliphatic heterocycles. The van der Waals surface area contributed by atoms with Crippen molar-refractivity contribution < 1.29 is 0 Å². The van der Waals surface area contributed by atoms with Crippen LogP contribution in [0, 0.1) is 5.92 Å². The predicted octanol–water partition coefficient (Wildman–Crippen LogP) is 1.90. The van der Waals surface area contributed by atoms with Gasteiger partial charge in [0.2, 0.25) is 0 Å². The van der Waals surface area contributed by atoms with E-state index >= 15 is 0 Å². The Labute approximate surface area is 98.2 Å². The Balaban J connectivity index is 2.49. The van der Waals surface area contributed by atoms with E-state index in [9.17, 15) is 0 Å². The Kier molecular flexibility index (Phi) is 5.46. The van der Waals surface area contributed by atoms with Crippen LogP contribution >= 0.6 is 0 Å². The van der Waals surface area contributed by atoms with Crippen molar-refractivity contribution in [2.24, 2.45) is 18.7 Å². The molecular formula is C12H24N4. The third kappa shape index (κ3) is 3.59. The normalized spacial score (nSPS) is 15.0. The Bertz CT molecular complexity index is 295. The lowest BCUT2D eigenvalue weighted by molar-refractivity contribution is 0.362. The number of hydrogen-bond acceptors (Lipinski definition) is 3. The summed E-state index contributed by atoms with van der Waals surface area (Å²) in [6, 6.07) is 0.208. The van der Waals surface area contributed by atoms with Crippen LogP contribution in [0.3, 0.4) is 0 Å². The lowest BCUT2D eigenvalue weighted by Gasteiger charge is -2.21. The van der Waals surface area contributed by atoms with Gasteiger partial charge in [0.1, 0.15) is 12.2 Å². The Hall–Kier alpha value is -0.900. The molecule has 4 nitrogen and oxygen atoms in total. The molecule has 2 atom stereocenters. The van der Waals surface area contributed by atoms with Crippen molar-refractivity contribution in [2.75, 3.05) is 0 Å². The lowest BCUT2D eigenvalue weighted by atomic mass is 9.90. The lowest BCUT2D eigenvalue weighted by Crippen LogP contribution is -2.33. The molecule has 0 aliphatic rings. The average Bonchev–Trinajstić information content (AvgIpc) is 2.65. The van der Waals surface area contributed by atoms with E-state index < -0.39 is 0 Å². The number of aryl methyl sites for hydroxylation is 1. The first-order chi connectivity index (χ1) is 7.69. The van der Waals surface area contributed by atoms with E-state index in [-0.39, 0.29) is 6.04 Å². The fourth-order valence-corrected chi connectivity index (χ4v) is 2.07. The molecule has 16 heavy (non-hydrogen) atoms. The minimum atomic E-state index is 0.208. The maximum atomic E-state index is 6.25. The monoisotopic (exact) mass is 224 g/mol. The number of aromatic nitrogens is 3. The summed E-state index contributed by atoms with van der Waals surface area (Å²) in [4.78, 5) is 4.22. The highest BCUT2D eigenvalue weighted by atomic mass is 15.3. The number of rotatable bonds is 7. The molecule has 0 fully saturated rings. The van der Waals surface area contributed by atoms with Gasteiger partial charge in [-0.1, -0.05) is 33.1 Å². The van der Waals surface area contributed by atoms with Crippen LogP contribution in [0.2, 0.25) is 0 Å². The molecular weight excluding hydrogens is 200 g/mol. The van der Waals surface area contributed by atoms with Gasteiger partial charge in [0.15, 0.2) is 0 Å². The summed E-state index contributed by atoms with van der Waals surface area (Å²) in [5.41, 5.74) is 6.25. The largest absolute Gasteiger partial charge is 0.327 e. The van der Waals surface area contributed by atoms with Crippen molar-refractivity contribution in [3.8, 4) is 0 Å². The van der Waals surface area contributed by atoms with E-state index in [4.69, 9.17) is 5.73 Å². The topological polar surface area (TPSA) is 56.7 Å².